The van der Waals surface area contributed by atoms with E-state index >= 15 is 0 Å². The lowest BCUT2D eigenvalue weighted by atomic mass is 10.1. The Bertz CT molecular complexity index is 992. The number of ether oxygens (including phenoxy) is 2. The standard InChI is InChI=1S/C20H26N4O4.C2H6/c1-5-28-10-15-22-17-18(24(15)12-20(2,3)26)13-8-6-7-9-14(13)21-19(17)23-16(25)11-27-4;1-2/h6-9,26H,5,10-12H2,1-4H3,(H,21,23,25);1-2H3. The number of hydrogen-bond donors (Lipinski definition) is 2. The zero-order valence-corrected chi connectivity index (χ0v) is 18.7. The van der Waals surface area contributed by atoms with Gasteiger partial charge in [-0.3, -0.25) is 4.79 Å². The number of anilines is 1. The summed E-state index contributed by atoms with van der Waals surface area (Å²) in [6.45, 7) is 10.5. The first-order chi connectivity index (χ1) is 14.3. The lowest BCUT2D eigenvalue weighted by Crippen LogP contribution is -2.27. The predicted molar refractivity (Wildman–Crippen MR) is 119 cm³/mol. The molecule has 0 saturated carbocycles. The number of para-hydroxylation sites is 1. The third-order valence-corrected chi connectivity index (χ3v) is 4.18. The first-order valence-electron chi connectivity index (χ1n) is 10.2. The van der Waals surface area contributed by atoms with Gasteiger partial charge in [0.25, 0.3) is 5.91 Å². The van der Waals surface area contributed by atoms with E-state index in [1.54, 1.807) is 13.8 Å². The van der Waals surface area contributed by atoms with E-state index in [4.69, 9.17) is 14.5 Å². The van der Waals surface area contributed by atoms with Crippen LogP contribution >= 0.6 is 0 Å². The van der Waals surface area contributed by atoms with E-state index in [1.165, 1.54) is 7.11 Å². The summed E-state index contributed by atoms with van der Waals surface area (Å²) in [4.78, 5) is 21.4. The molecule has 8 nitrogen and oxygen atoms in total. The highest BCUT2D eigenvalue weighted by Gasteiger charge is 2.23. The molecule has 1 amide bonds. The summed E-state index contributed by atoms with van der Waals surface area (Å²) in [5, 5.41) is 14.1. The van der Waals surface area contributed by atoms with Crippen LogP contribution in [0.5, 0.6) is 0 Å². The predicted octanol–water partition coefficient (Wildman–Crippen LogP) is 3.50. The first-order valence-corrected chi connectivity index (χ1v) is 10.2. The van der Waals surface area contributed by atoms with Crippen LogP contribution in [0, 0.1) is 0 Å². The number of aromatic nitrogens is 3. The molecule has 164 valence electrons. The fourth-order valence-corrected chi connectivity index (χ4v) is 3.13. The monoisotopic (exact) mass is 416 g/mol. The third-order valence-electron chi connectivity index (χ3n) is 4.18. The summed E-state index contributed by atoms with van der Waals surface area (Å²) in [6, 6.07) is 7.65. The fourth-order valence-electron chi connectivity index (χ4n) is 3.13. The average Bonchev–Trinajstić information content (AvgIpc) is 3.05. The van der Waals surface area contributed by atoms with Gasteiger partial charge in [-0.2, -0.15) is 0 Å². The number of carbonyl (C=O) groups is 1. The van der Waals surface area contributed by atoms with Gasteiger partial charge in [-0.25, -0.2) is 9.97 Å². The largest absolute Gasteiger partial charge is 0.389 e. The Balaban J connectivity index is 0.00000155. The van der Waals surface area contributed by atoms with Gasteiger partial charge in [0.15, 0.2) is 5.82 Å². The van der Waals surface area contributed by atoms with E-state index in [-0.39, 0.29) is 12.5 Å². The third kappa shape index (κ3) is 5.53. The summed E-state index contributed by atoms with van der Waals surface area (Å²) in [5.41, 5.74) is 1.12. The number of amides is 1. The number of imidazole rings is 1. The van der Waals surface area contributed by atoms with Gasteiger partial charge in [-0.1, -0.05) is 32.0 Å². The fraction of sp³-hybridized carbons (Fsp3) is 0.500. The summed E-state index contributed by atoms with van der Waals surface area (Å²) < 4.78 is 12.4. The molecule has 0 bridgehead atoms. The molecule has 3 aromatic rings. The molecular weight excluding hydrogens is 384 g/mol. The van der Waals surface area contributed by atoms with Crippen molar-refractivity contribution in [3.05, 3.63) is 30.1 Å². The van der Waals surface area contributed by atoms with Crippen LogP contribution in [0.4, 0.5) is 5.82 Å². The molecule has 3 rings (SSSR count). The highest BCUT2D eigenvalue weighted by Crippen LogP contribution is 2.31. The van der Waals surface area contributed by atoms with Crippen LogP contribution in [-0.4, -0.2) is 51.5 Å². The molecule has 30 heavy (non-hydrogen) atoms. The van der Waals surface area contributed by atoms with E-state index in [9.17, 15) is 9.90 Å². The number of nitrogens with zero attached hydrogens (tertiary/aromatic N) is 3. The van der Waals surface area contributed by atoms with E-state index in [0.29, 0.717) is 36.9 Å². The number of carbonyl (C=O) groups excluding carboxylic acids is 1. The van der Waals surface area contributed by atoms with E-state index < -0.39 is 5.60 Å². The second-order valence-electron chi connectivity index (χ2n) is 7.22. The van der Waals surface area contributed by atoms with E-state index in [1.807, 2.05) is 49.6 Å². The maximum atomic E-state index is 12.1. The number of fused-ring (bicyclic) bond motifs is 3. The number of rotatable bonds is 8. The van der Waals surface area contributed by atoms with Gasteiger partial charge in [0.1, 0.15) is 24.6 Å². The Morgan fingerprint density at radius 2 is 1.93 bits per heavy atom. The maximum Gasteiger partial charge on any atom is 0.251 e. The van der Waals surface area contributed by atoms with Crippen LogP contribution in [-0.2, 0) is 27.4 Å². The number of nitrogens with one attached hydrogen (secondary N) is 1. The molecule has 2 aromatic heterocycles. The molecule has 0 atom stereocenters. The molecule has 2 heterocycles. The zero-order valence-electron chi connectivity index (χ0n) is 18.7. The number of methoxy groups -OCH3 is 1. The topological polar surface area (TPSA) is 98.5 Å². The van der Waals surface area contributed by atoms with Gasteiger partial charge in [0.2, 0.25) is 0 Å². The SMILES string of the molecule is CC.CCOCc1nc2c(NC(=O)COC)nc3ccccc3c2n1CC(C)(C)O. The average molecular weight is 417 g/mol. The Labute approximate surface area is 177 Å². The van der Waals surface area contributed by atoms with Crippen LogP contribution in [0.1, 0.15) is 40.4 Å². The van der Waals surface area contributed by atoms with Crippen LogP contribution < -0.4 is 5.32 Å². The molecule has 2 N–H and O–H groups in total. The van der Waals surface area contributed by atoms with Gasteiger partial charge in [0.05, 0.1) is 23.2 Å². The minimum Gasteiger partial charge on any atom is -0.389 e. The number of hydrogen-bond acceptors (Lipinski definition) is 6. The van der Waals surface area contributed by atoms with Crippen LogP contribution in [0.15, 0.2) is 24.3 Å². The van der Waals surface area contributed by atoms with Crippen molar-refractivity contribution in [3.8, 4) is 0 Å². The maximum absolute atomic E-state index is 12.1. The normalized spacial score (nSPS) is 11.4. The lowest BCUT2D eigenvalue weighted by Gasteiger charge is -2.20. The van der Waals surface area contributed by atoms with E-state index in [2.05, 4.69) is 10.3 Å². The number of benzene rings is 1. The number of pyridine rings is 1. The Morgan fingerprint density at radius 1 is 1.23 bits per heavy atom. The van der Waals surface area contributed by atoms with Crippen molar-refractivity contribution in [2.45, 2.75) is 53.4 Å². The Morgan fingerprint density at radius 3 is 2.57 bits per heavy atom. The highest BCUT2D eigenvalue weighted by molar-refractivity contribution is 6.09. The zero-order chi connectivity index (χ0) is 22.3. The minimum absolute atomic E-state index is 0.0772. The molecule has 0 unspecified atom stereocenters. The van der Waals surface area contributed by atoms with Crippen molar-refractivity contribution in [2.24, 2.45) is 0 Å². The summed E-state index contributed by atoms with van der Waals surface area (Å²) in [7, 11) is 1.46. The summed E-state index contributed by atoms with van der Waals surface area (Å²) in [5.74, 6) is 0.720. The van der Waals surface area contributed by atoms with E-state index in [0.717, 1.165) is 16.4 Å². The number of aliphatic hydroxyl groups is 1. The molecular formula is C22H32N4O4. The van der Waals surface area contributed by atoms with Gasteiger partial charge in [0, 0.05) is 19.1 Å². The van der Waals surface area contributed by atoms with Crippen molar-refractivity contribution in [1.82, 2.24) is 14.5 Å². The Hall–Kier alpha value is -2.55. The van der Waals surface area contributed by atoms with Crippen LogP contribution in [0.25, 0.3) is 21.9 Å². The van der Waals surface area contributed by atoms with Crippen LogP contribution in [0.3, 0.4) is 0 Å². The highest BCUT2D eigenvalue weighted by atomic mass is 16.5. The molecule has 0 fully saturated rings. The molecule has 0 aliphatic rings. The molecule has 1 aromatic carbocycles. The quantitative estimate of drug-likeness (QED) is 0.583. The van der Waals surface area contributed by atoms with Gasteiger partial charge < -0.3 is 24.5 Å². The molecule has 0 aliphatic heterocycles. The first kappa shape index (κ1) is 23.7. The van der Waals surface area contributed by atoms with Crippen molar-refractivity contribution in [1.29, 1.82) is 0 Å². The Kier molecular flexibility index (Phi) is 8.28. The summed E-state index contributed by atoms with van der Waals surface area (Å²) in [6.07, 6.45) is 0. The minimum atomic E-state index is -0.960. The second-order valence-corrected chi connectivity index (χ2v) is 7.22. The van der Waals surface area contributed by atoms with Gasteiger partial charge in [-0.15, -0.1) is 0 Å². The summed E-state index contributed by atoms with van der Waals surface area (Å²) >= 11 is 0. The molecule has 0 radical (unpaired) electrons. The van der Waals surface area contributed by atoms with Crippen molar-refractivity contribution < 1.29 is 19.4 Å². The van der Waals surface area contributed by atoms with Crippen molar-refractivity contribution >= 4 is 33.7 Å². The van der Waals surface area contributed by atoms with Crippen molar-refractivity contribution in [2.75, 3.05) is 25.6 Å². The molecule has 8 heteroatoms. The van der Waals surface area contributed by atoms with Crippen LogP contribution in [0.2, 0.25) is 0 Å². The lowest BCUT2D eigenvalue weighted by molar-refractivity contribution is -0.119. The van der Waals surface area contributed by atoms with Gasteiger partial charge >= 0.3 is 0 Å². The molecule has 0 saturated heterocycles. The molecule has 0 spiro atoms. The van der Waals surface area contributed by atoms with Crippen molar-refractivity contribution in [3.63, 3.8) is 0 Å². The second kappa shape index (κ2) is 10.5. The smallest absolute Gasteiger partial charge is 0.251 e. The van der Waals surface area contributed by atoms with Gasteiger partial charge in [-0.05, 0) is 26.8 Å². The molecule has 0 aliphatic carbocycles.